The second kappa shape index (κ2) is 8.56. The van der Waals surface area contributed by atoms with Crippen LogP contribution in [0.2, 0.25) is 5.15 Å². The van der Waals surface area contributed by atoms with E-state index in [4.69, 9.17) is 16.2 Å². The molecule has 2 saturated heterocycles. The third-order valence-corrected chi connectivity index (χ3v) is 5.98. The van der Waals surface area contributed by atoms with Gasteiger partial charge in [-0.3, -0.25) is 4.55 Å². The number of pyridine rings is 1. The van der Waals surface area contributed by atoms with E-state index < -0.39 is 10.1 Å². The van der Waals surface area contributed by atoms with Crippen LogP contribution in [0.4, 0.5) is 5.69 Å². The number of benzene rings is 1. The Hall–Kier alpha value is -1.67. The van der Waals surface area contributed by atoms with Gasteiger partial charge in [-0.15, -0.1) is 0 Å². The molecule has 1 aromatic heterocycles. The highest BCUT2D eigenvalue weighted by Gasteiger charge is 2.30. The Morgan fingerprint density at radius 1 is 1.11 bits per heavy atom. The van der Waals surface area contributed by atoms with E-state index in [9.17, 15) is 8.42 Å². The third kappa shape index (κ3) is 5.65. The first kappa shape index (κ1) is 20.1. The summed E-state index contributed by atoms with van der Waals surface area (Å²) in [7, 11) is -4.02. The highest BCUT2D eigenvalue weighted by Crippen LogP contribution is 2.28. The minimum absolute atomic E-state index is 0.0666. The summed E-state index contributed by atoms with van der Waals surface area (Å²) in [4.78, 5) is 6.54. The van der Waals surface area contributed by atoms with E-state index in [-0.39, 0.29) is 4.90 Å². The minimum Gasteiger partial charge on any atom is -0.370 e. The topological polar surface area (TPSA) is 82.5 Å². The summed E-state index contributed by atoms with van der Waals surface area (Å²) in [6.45, 7) is 6.45. The van der Waals surface area contributed by atoms with Crippen molar-refractivity contribution in [2.24, 2.45) is 11.8 Å². The molecule has 0 spiro atoms. The van der Waals surface area contributed by atoms with Gasteiger partial charge in [0.1, 0.15) is 5.15 Å². The molecule has 0 radical (unpaired) electrons. The van der Waals surface area contributed by atoms with Crippen molar-refractivity contribution in [1.82, 2.24) is 10.3 Å². The molecule has 0 aliphatic carbocycles. The number of aromatic nitrogens is 1. The number of hydrogen-bond donors (Lipinski definition) is 2. The standard InChI is InChI=1S/C12H16ClN3.C7H8O3S/c13-12-2-1-11(6-15-12)16-7-9-3-10(8-16)5-14-4-9;1-6-2-4-7(5-3-6)11(8,9)10/h1-2,6,9-10,14H,3-5,7-8H2;2-5H,1H3,(H,8,9,10). The maximum atomic E-state index is 10.5. The molecule has 2 fully saturated rings. The zero-order valence-corrected chi connectivity index (χ0v) is 16.7. The molecule has 0 saturated carbocycles. The van der Waals surface area contributed by atoms with Gasteiger partial charge in [0.05, 0.1) is 16.8 Å². The van der Waals surface area contributed by atoms with Crippen molar-refractivity contribution < 1.29 is 13.0 Å². The third-order valence-electron chi connectivity index (χ3n) is 4.89. The van der Waals surface area contributed by atoms with Crippen LogP contribution >= 0.6 is 11.6 Å². The van der Waals surface area contributed by atoms with Gasteiger partial charge in [-0.2, -0.15) is 8.42 Å². The lowest BCUT2D eigenvalue weighted by Crippen LogP contribution is -2.51. The van der Waals surface area contributed by atoms with Crippen LogP contribution in [0, 0.1) is 18.8 Å². The lowest BCUT2D eigenvalue weighted by Gasteiger charge is -2.42. The van der Waals surface area contributed by atoms with Crippen molar-refractivity contribution in [1.29, 1.82) is 0 Å². The molecule has 2 aromatic rings. The molecule has 2 N–H and O–H groups in total. The molecule has 2 bridgehead atoms. The van der Waals surface area contributed by atoms with Crippen LogP contribution in [-0.2, 0) is 10.1 Å². The van der Waals surface area contributed by atoms with Crippen LogP contribution in [-0.4, -0.2) is 44.1 Å². The average Bonchev–Trinajstić information content (AvgIpc) is 2.62. The van der Waals surface area contributed by atoms with Gasteiger partial charge in [-0.25, -0.2) is 4.98 Å². The van der Waals surface area contributed by atoms with Gasteiger partial charge in [0.25, 0.3) is 10.1 Å². The molecule has 1 aromatic carbocycles. The van der Waals surface area contributed by atoms with Gasteiger partial charge in [0.2, 0.25) is 0 Å². The molecular weight excluding hydrogens is 386 g/mol. The number of halogens is 1. The van der Waals surface area contributed by atoms with Crippen molar-refractivity contribution in [2.75, 3.05) is 31.1 Å². The van der Waals surface area contributed by atoms with Crippen molar-refractivity contribution in [3.05, 3.63) is 53.3 Å². The number of nitrogens with zero attached hydrogens (tertiary/aromatic N) is 2. The van der Waals surface area contributed by atoms with E-state index in [1.165, 1.54) is 24.2 Å². The van der Waals surface area contributed by atoms with E-state index >= 15 is 0 Å². The molecule has 27 heavy (non-hydrogen) atoms. The second-order valence-electron chi connectivity index (χ2n) is 7.16. The van der Waals surface area contributed by atoms with Gasteiger partial charge >= 0.3 is 0 Å². The number of nitrogens with one attached hydrogen (secondary N) is 1. The number of anilines is 1. The molecule has 2 atom stereocenters. The van der Waals surface area contributed by atoms with Gasteiger partial charge < -0.3 is 10.2 Å². The number of hydrogen-bond acceptors (Lipinski definition) is 5. The molecule has 0 amide bonds. The summed E-state index contributed by atoms with van der Waals surface area (Å²) < 4.78 is 29.6. The molecule has 3 heterocycles. The number of rotatable bonds is 2. The molecule has 6 nitrogen and oxygen atoms in total. The predicted molar refractivity (Wildman–Crippen MR) is 107 cm³/mol. The van der Waals surface area contributed by atoms with Gasteiger partial charge in [-0.1, -0.05) is 29.3 Å². The molecule has 2 aliphatic rings. The van der Waals surface area contributed by atoms with Crippen LogP contribution in [0.25, 0.3) is 0 Å². The van der Waals surface area contributed by atoms with E-state index in [0.717, 1.165) is 43.6 Å². The lowest BCUT2D eigenvalue weighted by molar-refractivity contribution is 0.249. The molecular formula is C19H24ClN3O3S. The Morgan fingerprint density at radius 2 is 1.74 bits per heavy atom. The second-order valence-corrected chi connectivity index (χ2v) is 8.97. The first-order chi connectivity index (χ1) is 12.8. The van der Waals surface area contributed by atoms with Crippen LogP contribution in [0.1, 0.15) is 12.0 Å². The minimum atomic E-state index is -4.02. The number of fused-ring (bicyclic) bond motifs is 2. The van der Waals surface area contributed by atoms with Crippen LogP contribution in [0.5, 0.6) is 0 Å². The summed E-state index contributed by atoms with van der Waals surface area (Å²) in [5.74, 6) is 1.59. The van der Waals surface area contributed by atoms with Gasteiger partial charge in [0, 0.05) is 13.1 Å². The van der Waals surface area contributed by atoms with Crippen molar-refractivity contribution in [2.45, 2.75) is 18.2 Å². The summed E-state index contributed by atoms with van der Waals surface area (Å²) in [6, 6.07) is 9.94. The average molecular weight is 410 g/mol. The van der Waals surface area contributed by atoms with Crippen LogP contribution < -0.4 is 10.2 Å². The van der Waals surface area contributed by atoms with Crippen molar-refractivity contribution in [3.63, 3.8) is 0 Å². The Balaban J connectivity index is 0.000000168. The summed E-state index contributed by atoms with van der Waals surface area (Å²) in [6.07, 6.45) is 3.27. The molecule has 2 aliphatic heterocycles. The highest BCUT2D eigenvalue weighted by atomic mass is 35.5. The zero-order valence-electron chi connectivity index (χ0n) is 15.2. The quantitative estimate of drug-likeness (QED) is 0.586. The normalized spacial score (nSPS) is 22.0. The van der Waals surface area contributed by atoms with Crippen LogP contribution in [0.15, 0.2) is 47.5 Å². The lowest BCUT2D eigenvalue weighted by atomic mass is 9.86. The molecule has 4 rings (SSSR count). The molecule has 2 unspecified atom stereocenters. The largest absolute Gasteiger partial charge is 0.370 e. The summed E-state index contributed by atoms with van der Waals surface area (Å²) in [5.41, 5.74) is 2.17. The van der Waals surface area contributed by atoms with Crippen LogP contribution in [0.3, 0.4) is 0 Å². The highest BCUT2D eigenvalue weighted by molar-refractivity contribution is 7.85. The first-order valence-corrected chi connectivity index (χ1v) is 10.7. The number of aryl methyl sites for hydroxylation is 1. The smallest absolute Gasteiger partial charge is 0.294 e. The Morgan fingerprint density at radius 3 is 2.26 bits per heavy atom. The summed E-state index contributed by atoms with van der Waals surface area (Å²) in [5, 5.41) is 4.08. The molecule has 146 valence electrons. The fraction of sp³-hybridized carbons (Fsp3) is 0.421. The Labute approximate surface area is 165 Å². The van der Waals surface area contributed by atoms with Gasteiger partial charge in [-0.05, 0) is 62.5 Å². The van der Waals surface area contributed by atoms with Gasteiger partial charge in [0.15, 0.2) is 0 Å². The van der Waals surface area contributed by atoms with E-state index in [0.29, 0.717) is 5.15 Å². The van der Waals surface area contributed by atoms with E-state index in [1.807, 2.05) is 19.2 Å². The SMILES string of the molecule is Cc1ccc(S(=O)(=O)O)cc1.Clc1ccc(N2CC3CNCC(C3)C2)cn1. The number of piperidine rings is 2. The summed E-state index contributed by atoms with van der Waals surface area (Å²) >= 11 is 5.81. The van der Waals surface area contributed by atoms with Crippen molar-refractivity contribution >= 4 is 27.4 Å². The Kier molecular flexibility index (Phi) is 6.37. The maximum Gasteiger partial charge on any atom is 0.294 e. The predicted octanol–water partition coefficient (Wildman–Crippen LogP) is 3.02. The maximum absolute atomic E-state index is 10.5. The fourth-order valence-corrected chi connectivity index (χ4v) is 4.17. The van der Waals surface area contributed by atoms with Crippen molar-refractivity contribution in [3.8, 4) is 0 Å². The molecule has 8 heteroatoms. The Bertz CT molecular complexity index is 845. The fourth-order valence-electron chi connectivity index (χ4n) is 3.58. The van der Waals surface area contributed by atoms with E-state index in [2.05, 4.69) is 21.3 Å². The first-order valence-electron chi connectivity index (χ1n) is 8.92. The monoisotopic (exact) mass is 409 g/mol. The van der Waals surface area contributed by atoms with E-state index in [1.54, 1.807) is 12.1 Å². The zero-order chi connectivity index (χ0) is 19.4.